The Bertz CT molecular complexity index is 940. The number of nitrogens with zero attached hydrogens (tertiary/aromatic N) is 1. The Kier molecular flexibility index (Phi) is 7.36. The van der Waals surface area contributed by atoms with E-state index in [1.54, 1.807) is 17.9 Å². The van der Waals surface area contributed by atoms with E-state index in [-0.39, 0.29) is 35.9 Å². The standard InChI is InChI=1S/C25H30BrNO5/c1-3-31-25(29)21-14-22(17-8-10-19(26)11-9-17)32-24(21)27(20-12-13-30-15-20)23(28)18-6-4-16(2)5-7-18/h8-11,14,16,18,20H,3-7,12-13,15H2,1-2H3/t16-,18-,20?. The lowest BCUT2D eigenvalue weighted by Gasteiger charge is -2.33. The third-order valence-electron chi connectivity index (χ3n) is 6.43. The molecule has 1 aromatic carbocycles. The number of esters is 1. The molecular formula is C25H30BrNO5. The number of anilines is 1. The van der Waals surface area contributed by atoms with E-state index in [4.69, 9.17) is 13.9 Å². The zero-order chi connectivity index (χ0) is 22.7. The van der Waals surface area contributed by atoms with Crippen LogP contribution < -0.4 is 4.90 Å². The minimum Gasteiger partial charge on any atom is -0.462 e. The molecule has 1 unspecified atom stereocenters. The lowest BCUT2D eigenvalue weighted by atomic mass is 9.82. The number of rotatable bonds is 6. The van der Waals surface area contributed by atoms with E-state index < -0.39 is 5.97 Å². The van der Waals surface area contributed by atoms with Gasteiger partial charge in [-0.2, -0.15) is 0 Å². The summed E-state index contributed by atoms with van der Waals surface area (Å²) in [6, 6.07) is 9.19. The van der Waals surface area contributed by atoms with Crippen LogP contribution in [0.5, 0.6) is 0 Å². The maximum atomic E-state index is 13.8. The molecule has 6 nitrogen and oxygen atoms in total. The molecule has 0 radical (unpaired) electrons. The van der Waals surface area contributed by atoms with Crippen molar-refractivity contribution in [3.05, 3.63) is 40.4 Å². The summed E-state index contributed by atoms with van der Waals surface area (Å²) in [5, 5.41) is 0. The molecule has 2 fully saturated rings. The molecule has 2 aromatic rings. The zero-order valence-corrected chi connectivity index (χ0v) is 20.2. The molecule has 1 amide bonds. The van der Waals surface area contributed by atoms with Crippen molar-refractivity contribution in [2.24, 2.45) is 11.8 Å². The monoisotopic (exact) mass is 503 g/mol. The summed E-state index contributed by atoms with van der Waals surface area (Å²) in [5.74, 6) is 0.927. The van der Waals surface area contributed by atoms with Gasteiger partial charge >= 0.3 is 5.97 Å². The van der Waals surface area contributed by atoms with Gasteiger partial charge in [-0.1, -0.05) is 35.0 Å². The third-order valence-corrected chi connectivity index (χ3v) is 6.96. The van der Waals surface area contributed by atoms with Crippen molar-refractivity contribution in [3.63, 3.8) is 0 Å². The Morgan fingerprint density at radius 2 is 1.84 bits per heavy atom. The first kappa shape index (κ1) is 23.1. The number of furan rings is 1. The normalized spacial score (nSPS) is 23.2. The fourth-order valence-electron chi connectivity index (χ4n) is 4.55. The molecule has 1 aliphatic carbocycles. The van der Waals surface area contributed by atoms with Crippen LogP contribution in [-0.2, 0) is 14.3 Å². The van der Waals surface area contributed by atoms with Gasteiger partial charge in [-0.25, -0.2) is 4.79 Å². The number of hydrogen-bond donors (Lipinski definition) is 0. The van der Waals surface area contributed by atoms with Gasteiger partial charge in [-0.3, -0.25) is 9.69 Å². The van der Waals surface area contributed by atoms with Crippen LogP contribution in [0, 0.1) is 11.8 Å². The molecule has 0 N–H and O–H groups in total. The summed E-state index contributed by atoms with van der Waals surface area (Å²) in [4.78, 5) is 28.3. The van der Waals surface area contributed by atoms with Gasteiger partial charge in [0.1, 0.15) is 11.3 Å². The molecule has 1 atom stereocenters. The van der Waals surface area contributed by atoms with Crippen molar-refractivity contribution >= 4 is 33.7 Å². The van der Waals surface area contributed by atoms with E-state index in [9.17, 15) is 9.59 Å². The van der Waals surface area contributed by atoms with Crippen molar-refractivity contribution in [1.82, 2.24) is 0 Å². The first-order chi connectivity index (χ1) is 15.5. The summed E-state index contributed by atoms with van der Waals surface area (Å²) in [5.41, 5.74) is 1.11. The summed E-state index contributed by atoms with van der Waals surface area (Å²) in [6.07, 6.45) is 4.51. The van der Waals surface area contributed by atoms with Crippen LogP contribution in [0.4, 0.5) is 5.88 Å². The highest BCUT2D eigenvalue weighted by Crippen LogP contribution is 2.38. The topological polar surface area (TPSA) is 69.0 Å². The van der Waals surface area contributed by atoms with Gasteiger partial charge in [0.2, 0.25) is 11.8 Å². The zero-order valence-electron chi connectivity index (χ0n) is 18.6. The molecule has 4 rings (SSSR count). The highest BCUT2D eigenvalue weighted by atomic mass is 79.9. The largest absolute Gasteiger partial charge is 0.462 e. The second-order valence-electron chi connectivity index (χ2n) is 8.74. The van der Waals surface area contributed by atoms with Crippen LogP contribution in [0.2, 0.25) is 0 Å². The molecule has 1 aromatic heterocycles. The van der Waals surface area contributed by atoms with Gasteiger partial charge in [0.25, 0.3) is 0 Å². The van der Waals surface area contributed by atoms with Gasteiger partial charge in [-0.05, 0) is 57.1 Å². The van der Waals surface area contributed by atoms with E-state index >= 15 is 0 Å². The molecule has 172 valence electrons. The maximum absolute atomic E-state index is 13.8. The van der Waals surface area contributed by atoms with Crippen LogP contribution in [-0.4, -0.2) is 37.7 Å². The molecule has 2 heterocycles. The molecule has 32 heavy (non-hydrogen) atoms. The fourth-order valence-corrected chi connectivity index (χ4v) is 4.81. The Morgan fingerprint density at radius 1 is 1.12 bits per heavy atom. The molecule has 2 aliphatic rings. The van der Waals surface area contributed by atoms with Crippen LogP contribution in [0.1, 0.15) is 56.3 Å². The quantitative estimate of drug-likeness (QED) is 0.463. The number of amides is 1. The predicted octanol–water partition coefficient (Wildman–Crippen LogP) is 5.83. The Morgan fingerprint density at radius 3 is 2.47 bits per heavy atom. The van der Waals surface area contributed by atoms with E-state index in [0.717, 1.165) is 35.7 Å². The van der Waals surface area contributed by atoms with Gasteiger partial charge in [0.15, 0.2) is 0 Å². The highest BCUT2D eigenvalue weighted by Gasteiger charge is 2.39. The Balaban J connectivity index is 1.75. The third kappa shape index (κ3) is 4.94. The van der Waals surface area contributed by atoms with E-state index in [2.05, 4.69) is 22.9 Å². The molecule has 1 saturated carbocycles. The summed E-state index contributed by atoms with van der Waals surface area (Å²) in [6.45, 7) is 5.28. The van der Waals surface area contributed by atoms with E-state index in [1.807, 2.05) is 24.3 Å². The van der Waals surface area contributed by atoms with Gasteiger partial charge in [0.05, 0.1) is 19.3 Å². The number of ether oxygens (including phenoxy) is 2. The SMILES string of the molecule is CCOC(=O)c1cc(-c2ccc(Br)cc2)oc1N(C(=O)[C@H]1CC[C@H](C)CC1)C1CCOC1. The minimum absolute atomic E-state index is 0.0228. The van der Waals surface area contributed by atoms with Crippen molar-refractivity contribution in [1.29, 1.82) is 0 Å². The molecule has 0 bridgehead atoms. The Hall–Kier alpha value is -2.12. The molecule has 0 spiro atoms. The van der Waals surface area contributed by atoms with Crippen LogP contribution in [0.25, 0.3) is 11.3 Å². The molecule has 1 aliphatic heterocycles. The summed E-state index contributed by atoms with van der Waals surface area (Å²) < 4.78 is 18.1. The molecular weight excluding hydrogens is 474 g/mol. The van der Waals surface area contributed by atoms with Crippen LogP contribution >= 0.6 is 15.9 Å². The average Bonchev–Trinajstić information content (AvgIpc) is 3.46. The first-order valence-corrected chi connectivity index (χ1v) is 12.2. The second kappa shape index (κ2) is 10.2. The highest BCUT2D eigenvalue weighted by molar-refractivity contribution is 9.10. The lowest BCUT2D eigenvalue weighted by Crippen LogP contribution is -2.45. The van der Waals surface area contributed by atoms with Crippen molar-refractivity contribution in [3.8, 4) is 11.3 Å². The predicted molar refractivity (Wildman–Crippen MR) is 126 cm³/mol. The van der Waals surface area contributed by atoms with Gasteiger partial charge < -0.3 is 13.9 Å². The second-order valence-corrected chi connectivity index (χ2v) is 9.65. The lowest BCUT2D eigenvalue weighted by molar-refractivity contribution is -0.124. The summed E-state index contributed by atoms with van der Waals surface area (Å²) in [7, 11) is 0. The van der Waals surface area contributed by atoms with Crippen LogP contribution in [0.15, 0.2) is 39.2 Å². The first-order valence-electron chi connectivity index (χ1n) is 11.5. The number of carbonyl (C=O) groups is 2. The Labute approximate surface area is 197 Å². The van der Waals surface area contributed by atoms with Crippen molar-refractivity contribution < 1.29 is 23.5 Å². The number of benzene rings is 1. The molecule has 1 saturated heterocycles. The van der Waals surface area contributed by atoms with Gasteiger partial charge in [0, 0.05) is 28.6 Å². The smallest absolute Gasteiger partial charge is 0.343 e. The number of hydrogen-bond acceptors (Lipinski definition) is 5. The van der Waals surface area contributed by atoms with Crippen molar-refractivity contribution in [2.45, 2.75) is 52.0 Å². The van der Waals surface area contributed by atoms with E-state index in [0.29, 0.717) is 31.3 Å². The summed E-state index contributed by atoms with van der Waals surface area (Å²) >= 11 is 3.45. The fraction of sp³-hybridized carbons (Fsp3) is 0.520. The maximum Gasteiger partial charge on any atom is 0.343 e. The van der Waals surface area contributed by atoms with E-state index in [1.165, 1.54) is 0 Å². The number of carbonyl (C=O) groups excluding carboxylic acids is 2. The van der Waals surface area contributed by atoms with Gasteiger partial charge in [-0.15, -0.1) is 0 Å². The number of halogens is 1. The van der Waals surface area contributed by atoms with Crippen LogP contribution in [0.3, 0.4) is 0 Å². The van der Waals surface area contributed by atoms with Crippen molar-refractivity contribution in [2.75, 3.05) is 24.7 Å². The minimum atomic E-state index is -0.483. The average molecular weight is 504 g/mol. The molecule has 7 heteroatoms.